The van der Waals surface area contributed by atoms with E-state index in [9.17, 15) is 0 Å². The number of benzene rings is 8. The largest absolute Gasteiger partial charge is 0.494 e. The number of aryl methyl sites for hydroxylation is 1. The van der Waals surface area contributed by atoms with Crippen LogP contribution in [-0.4, -0.2) is 72.8 Å². The van der Waals surface area contributed by atoms with Gasteiger partial charge in [0.15, 0.2) is 0 Å². The molecule has 90 heavy (non-hydrogen) atoms. The van der Waals surface area contributed by atoms with Gasteiger partial charge in [-0.2, -0.15) is 13.5 Å². The molecule has 0 radical (unpaired) electrons. The molecule has 0 bridgehead atoms. The van der Waals surface area contributed by atoms with Gasteiger partial charge in [-0.05, 0) is 146 Å². The highest BCUT2D eigenvalue weighted by Crippen LogP contribution is 2.36. The molecule has 1 aliphatic carbocycles. The summed E-state index contributed by atoms with van der Waals surface area (Å²) >= 11 is 1.25. The van der Waals surface area contributed by atoms with Gasteiger partial charge in [-0.25, -0.2) is 4.99 Å². The van der Waals surface area contributed by atoms with Crippen LogP contribution in [0.3, 0.4) is 0 Å². The minimum atomic E-state index is 0.0505. The molecule has 3 aromatic heterocycles. The maximum Gasteiger partial charge on any atom is 0.217 e. The lowest BCUT2D eigenvalue weighted by Crippen LogP contribution is -2.19. The predicted molar refractivity (Wildman–Crippen MR) is 372 cm³/mol. The molecule has 0 N–H and O–H groups in total. The minimum Gasteiger partial charge on any atom is -0.494 e. The lowest BCUT2D eigenvalue weighted by molar-refractivity contribution is 0.255. The first-order chi connectivity index (χ1) is 44.2. The molecule has 13 heteroatoms. The maximum atomic E-state index is 5.89. The molecule has 12 nitrogen and oxygen atoms in total. The second kappa shape index (κ2) is 32.4. The van der Waals surface area contributed by atoms with E-state index in [2.05, 4.69) is 174 Å². The zero-order valence-electron chi connectivity index (χ0n) is 53.2. The van der Waals surface area contributed by atoms with Crippen LogP contribution in [0.1, 0.15) is 105 Å². The van der Waals surface area contributed by atoms with Gasteiger partial charge in [-0.15, -0.1) is 10.2 Å². The average Bonchev–Trinajstić information content (AvgIpc) is 1.89. The Labute approximate surface area is 535 Å². The van der Waals surface area contributed by atoms with Crippen molar-refractivity contribution in [3.63, 3.8) is 0 Å². The lowest BCUT2D eigenvalue weighted by atomic mass is 9.98. The number of unbranched alkanes of at least 4 members (excludes halogenated alkanes) is 6. The van der Waals surface area contributed by atoms with E-state index >= 15 is 0 Å². The molecule has 0 saturated heterocycles. The van der Waals surface area contributed by atoms with E-state index in [4.69, 9.17) is 23.7 Å². The number of hydrogen-bond donors (Lipinski definition) is 0. The second-order valence-corrected chi connectivity index (χ2v) is 24.0. The van der Waals surface area contributed by atoms with Crippen LogP contribution in [0.25, 0.3) is 71.8 Å². The van der Waals surface area contributed by atoms with Crippen molar-refractivity contribution in [3.05, 3.63) is 212 Å². The average molecular weight is 1220 g/mol. The van der Waals surface area contributed by atoms with Gasteiger partial charge in [0.2, 0.25) is 5.90 Å². The fraction of sp³-hybridized carbons (Fsp3) is 0.312. The van der Waals surface area contributed by atoms with E-state index in [1.165, 1.54) is 72.1 Å². The normalized spacial score (nSPS) is 13.9. The van der Waals surface area contributed by atoms with Crippen LogP contribution < -0.4 is 18.9 Å². The Kier molecular flexibility index (Phi) is 23.0. The Hall–Kier alpha value is -9.07. The van der Waals surface area contributed by atoms with E-state index in [1.54, 1.807) is 4.80 Å². The van der Waals surface area contributed by atoms with Gasteiger partial charge in [0.05, 0.1) is 43.8 Å². The van der Waals surface area contributed by atoms with Gasteiger partial charge in [0, 0.05) is 45.0 Å². The van der Waals surface area contributed by atoms with Crippen LogP contribution in [0.2, 0.25) is 0 Å². The first kappa shape index (κ1) is 63.9. The fourth-order valence-corrected chi connectivity index (χ4v) is 11.3. The lowest BCUT2D eigenvalue weighted by Gasteiger charge is -2.12. The molecule has 1 aliphatic heterocycles. The standard InChI is InChI=1S/C26H28N2O2S.C19H23NO2.C18H21N3O.C14H13N/c1-17(2)15-29-21-9-5-19(6-10-21)23-13-14-24(26-25(23)27-31-28-26)20-7-11-22(12-8-20)30-16-18(3)4;1-2-3-4-7-14-21-16-12-10-15(11-13-16)19-20-17-8-5-6-9-18(17)22-19;1-2-3-4-7-14-22-16-12-10-15(11-13-16)21-19-17-8-5-6-9-18(17)20-21;1-2-15-13-9-5-3-7-11(13)12-8-4-6-10-14(12)15/h5-14,17-18H,15-16H2,1-4H3;5-6,8-13,17-18H,2-4,7,14H2,1H3;5-6,8-13H,2-4,7,14H2,1H3;3-10H,2H2,1H3. The molecule has 4 heterocycles. The molecule has 0 saturated carbocycles. The number of aliphatic imine (C=N–C) groups is 1. The Morgan fingerprint density at radius 1 is 0.467 bits per heavy atom. The van der Waals surface area contributed by atoms with Crippen molar-refractivity contribution in [2.24, 2.45) is 16.8 Å². The first-order valence-corrected chi connectivity index (χ1v) is 32.9. The summed E-state index contributed by atoms with van der Waals surface area (Å²) in [6, 6.07) is 61.8. The van der Waals surface area contributed by atoms with Gasteiger partial charge in [0.25, 0.3) is 0 Å². The quantitative estimate of drug-likeness (QED) is 0.0577. The zero-order chi connectivity index (χ0) is 62.4. The summed E-state index contributed by atoms with van der Waals surface area (Å²) in [6.45, 7) is 19.2. The number of allylic oxidation sites excluding steroid dienone is 2. The van der Waals surface area contributed by atoms with Crippen LogP contribution in [0.15, 0.2) is 211 Å². The van der Waals surface area contributed by atoms with Gasteiger partial charge in [-0.1, -0.05) is 183 Å². The van der Waals surface area contributed by atoms with Crippen molar-refractivity contribution in [3.8, 4) is 50.9 Å². The van der Waals surface area contributed by atoms with Crippen molar-refractivity contribution in [2.45, 2.75) is 119 Å². The summed E-state index contributed by atoms with van der Waals surface area (Å²) < 4.78 is 40.6. The van der Waals surface area contributed by atoms with Crippen molar-refractivity contribution >= 4 is 61.5 Å². The number of hydrogen-bond acceptors (Lipinski definition) is 11. The molecule has 11 aromatic rings. The van der Waals surface area contributed by atoms with Crippen molar-refractivity contribution in [1.82, 2.24) is 28.3 Å². The molecule has 2 aliphatic rings. The predicted octanol–water partition coefficient (Wildman–Crippen LogP) is 19.6. The van der Waals surface area contributed by atoms with E-state index in [-0.39, 0.29) is 12.1 Å². The van der Waals surface area contributed by atoms with Crippen LogP contribution in [0.4, 0.5) is 0 Å². The van der Waals surface area contributed by atoms with E-state index in [1.807, 2.05) is 109 Å². The first-order valence-electron chi connectivity index (χ1n) is 32.2. The zero-order valence-corrected chi connectivity index (χ0v) is 54.0. The van der Waals surface area contributed by atoms with Crippen LogP contribution in [0.5, 0.6) is 23.0 Å². The summed E-state index contributed by atoms with van der Waals surface area (Å²) in [5.74, 6) is 5.32. The Bertz CT molecular complexity index is 3910. The monoisotopic (exact) mass is 1220 g/mol. The summed E-state index contributed by atoms with van der Waals surface area (Å²) in [6.07, 6.45) is 18.0. The molecule has 13 rings (SSSR count). The second-order valence-electron chi connectivity index (χ2n) is 23.5. The molecule has 2 atom stereocenters. The summed E-state index contributed by atoms with van der Waals surface area (Å²) in [7, 11) is 0. The molecular weight excluding hydrogens is 1130 g/mol. The molecule has 8 aromatic carbocycles. The summed E-state index contributed by atoms with van der Waals surface area (Å²) in [5, 5.41) is 11.7. The van der Waals surface area contributed by atoms with Crippen LogP contribution in [-0.2, 0) is 11.3 Å². The van der Waals surface area contributed by atoms with Crippen LogP contribution in [0, 0.1) is 11.8 Å². The number of ether oxygens (including phenoxy) is 5. The minimum absolute atomic E-state index is 0.0505. The third kappa shape index (κ3) is 17.0. The highest BCUT2D eigenvalue weighted by molar-refractivity contribution is 7.00. The number of rotatable bonds is 23. The van der Waals surface area contributed by atoms with Gasteiger partial charge < -0.3 is 28.3 Å². The van der Waals surface area contributed by atoms with Crippen LogP contribution >= 0.6 is 11.7 Å². The Morgan fingerprint density at radius 3 is 1.38 bits per heavy atom. The number of fused-ring (bicyclic) bond motifs is 6. The molecule has 0 fully saturated rings. The summed E-state index contributed by atoms with van der Waals surface area (Å²) in [5.41, 5.74) is 12.7. The number of para-hydroxylation sites is 2. The van der Waals surface area contributed by atoms with Gasteiger partial charge >= 0.3 is 0 Å². The molecule has 2 unspecified atom stereocenters. The molecular formula is C77H85N7O5S. The molecule has 464 valence electrons. The highest BCUT2D eigenvalue weighted by atomic mass is 32.1. The topological polar surface area (TPSA) is 120 Å². The third-order valence-electron chi connectivity index (χ3n) is 15.5. The van der Waals surface area contributed by atoms with E-state index in [0.717, 1.165) is 130 Å². The Balaban J connectivity index is 0.000000136. The fourth-order valence-electron chi connectivity index (χ4n) is 10.7. The van der Waals surface area contributed by atoms with Gasteiger partial charge in [0.1, 0.15) is 57.2 Å². The van der Waals surface area contributed by atoms with Crippen molar-refractivity contribution in [2.75, 3.05) is 26.4 Å². The Morgan fingerprint density at radius 2 is 0.911 bits per heavy atom. The molecule has 0 amide bonds. The van der Waals surface area contributed by atoms with E-state index < -0.39 is 0 Å². The smallest absolute Gasteiger partial charge is 0.217 e. The van der Waals surface area contributed by atoms with Crippen molar-refractivity contribution in [1.29, 1.82) is 0 Å². The van der Waals surface area contributed by atoms with E-state index in [0.29, 0.717) is 11.8 Å². The maximum absolute atomic E-state index is 5.89. The van der Waals surface area contributed by atoms with Gasteiger partial charge in [-0.3, -0.25) is 0 Å². The van der Waals surface area contributed by atoms with Crippen molar-refractivity contribution < 1.29 is 23.7 Å². The molecule has 0 spiro atoms. The summed E-state index contributed by atoms with van der Waals surface area (Å²) in [4.78, 5) is 6.28. The number of nitrogens with zero attached hydrogens (tertiary/aromatic N) is 7. The number of aromatic nitrogens is 6. The SMILES string of the molecule is CC(C)COc1ccc(-c2ccc(-c3ccc(OCC(C)C)cc3)c3nsnc23)cc1.CCCCCCOc1ccc(-n2nc3ccccc3n2)cc1.CCCCCCOc1ccc(C2=NC3C=CC=CC3O2)cc1.CCn1c2ccccc2c2ccccc21. The third-order valence-corrected chi connectivity index (χ3v) is 16.0. The highest BCUT2D eigenvalue weighted by Gasteiger charge is 2.29.